The van der Waals surface area contributed by atoms with Gasteiger partial charge in [0.05, 0.1) is 12.5 Å². The summed E-state index contributed by atoms with van der Waals surface area (Å²) in [6.45, 7) is 2.37. The largest absolute Gasteiger partial charge is 0.497 e. The van der Waals surface area contributed by atoms with Crippen LogP contribution < -0.4 is 4.74 Å². The normalized spacial score (nSPS) is 22.4. The Labute approximate surface area is 149 Å². The zero-order valence-corrected chi connectivity index (χ0v) is 14.8. The van der Waals surface area contributed by atoms with Gasteiger partial charge in [0.2, 0.25) is 0 Å². The van der Waals surface area contributed by atoms with Gasteiger partial charge in [-0.2, -0.15) is 0 Å². The molecule has 2 aromatic carbocycles. The second-order valence-electron chi connectivity index (χ2n) is 6.52. The molecule has 1 aliphatic carbocycles. The lowest BCUT2D eigenvalue weighted by Crippen LogP contribution is -2.43. The monoisotopic (exact) mass is 336 g/mol. The Morgan fingerprint density at radius 3 is 2.48 bits per heavy atom. The minimum absolute atomic E-state index is 0.104. The molecule has 0 aromatic heterocycles. The van der Waals surface area contributed by atoms with Crippen molar-refractivity contribution in [2.45, 2.75) is 31.8 Å². The number of esters is 1. The van der Waals surface area contributed by atoms with Crippen LogP contribution in [0, 0.1) is 5.92 Å². The van der Waals surface area contributed by atoms with Crippen LogP contribution in [-0.2, 0) is 21.6 Å². The maximum Gasteiger partial charge on any atom is 0.317 e. The van der Waals surface area contributed by atoms with Crippen molar-refractivity contribution in [1.82, 2.24) is 0 Å². The van der Waals surface area contributed by atoms with Crippen LogP contribution in [0.1, 0.15) is 30.9 Å². The molecule has 0 fully saturated rings. The minimum atomic E-state index is -0.609. The fraction of sp³-hybridized carbons (Fsp3) is 0.318. The van der Waals surface area contributed by atoms with Crippen molar-refractivity contribution < 1.29 is 14.3 Å². The third-order valence-corrected chi connectivity index (χ3v) is 5.09. The molecule has 2 atom stereocenters. The molecular formula is C22H24O3. The van der Waals surface area contributed by atoms with Gasteiger partial charge in [-0.1, -0.05) is 61.5 Å². The van der Waals surface area contributed by atoms with Gasteiger partial charge in [0, 0.05) is 0 Å². The Kier molecular flexibility index (Phi) is 5.22. The fourth-order valence-electron chi connectivity index (χ4n) is 3.55. The zero-order valence-electron chi connectivity index (χ0n) is 14.8. The molecule has 3 nitrogen and oxygen atoms in total. The molecule has 3 rings (SSSR count). The van der Waals surface area contributed by atoms with E-state index in [1.54, 1.807) is 7.11 Å². The molecule has 0 amide bonds. The first-order valence-corrected chi connectivity index (χ1v) is 8.69. The second-order valence-corrected chi connectivity index (χ2v) is 6.52. The summed E-state index contributed by atoms with van der Waals surface area (Å²) in [5.74, 6) is 0.750. The molecule has 25 heavy (non-hydrogen) atoms. The highest BCUT2D eigenvalue weighted by Gasteiger charge is 2.46. The van der Waals surface area contributed by atoms with Crippen LogP contribution in [-0.4, -0.2) is 13.1 Å². The molecule has 0 bridgehead atoms. The molecule has 0 aliphatic heterocycles. The summed E-state index contributed by atoms with van der Waals surface area (Å²) in [4.78, 5) is 13.1. The summed E-state index contributed by atoms with van der Waals surface area (Å²) < 4.78 is 10.9. The van der Waals surface area contributed by atoms with Crippen molar-refractivity contribution in [3.8, 4) is 5.75 Å². The van der Waals surface area contributed by atoms with E-state index in [4.69, 9.17) is 9.47 Å². The van der Waals surface area contributed by atoms with Gasteiger partial charge in [0.25, 0.3) is 0 Å². The number of ether oxygens (including phenoxy) is 2. The van der Waals surface area contributed by atoms with E-state index in [1.165, 1.54) is 0 Å². The van der Waals surface area contributed by atoms with E-state index in [0.717, 1.165) is 29.7 Å². The van der Waals surface area contributed by atoms with Crippen LogP contribution in [0.4, 0.5) is 0 Å². The molecule has 0 N–H and O–H groups in total. The minimum Gasteiger partial charge on any atom is -0.497 e. The van der Waals surface area contributed by atoms with E-state index in [1.807, 2.05) is 54.6 Å². The first-order chi connectivity index (χ1) is 12.2. The predicted molar refractivity (Wildman–Crippen MR) is 98.4 cm³/mol. The number of methoxy groups -OCH3 is 1. The third-order valence-electron chi connectivity index (χ3n) is 5.09. The van der Waals surface area contributed by atoms with Crippen LogP contribution in [0.3, 0.4) is 0 Å². The van der Waals surface area contributed by atoms with E-state index in [-0.39, 0.29) is 18.5 Å². The van der Waals surface area contributed by atoms with E-state index in [9.17, 15) is 4.79 Å². The van der Waals surface area contributed by atoms with Gasteiger partial charge in [0.15, 0.2) is 0 Å². The van der Waals surface area contributed by atoms with Crippen LogP contribution in [0.25, 0.3) is 0 Å². The number of allylic oxidation sites excluding steroid dienone is 2. The Hall–Kier alpha value is -2.55. The number of hydrogen-bond donors (Lipinski definition) is 0. The van der Waals surface area contributed by atoms with Crippen molar-refractivity contribution in [3.05, 3.63) is 77.9 Å². The Balaban J connectivity index is 1.81. The van der Waals surface area contributed by atoms with Crippen LogP contribution >= 0.6 is 0 Å². The van der Waals surface area contributed by atoms with E-state index < -0.39 is 5.41 Å². The summed E-state index contributed by atoms with van der Waals surface area (Å²) in [7, 11) is 1.64. The van der Waals surface area contributed by atoms with E-state index in [0.29, 0.717) is 0 Å². The van der Waals surface area contributed by atoms with Crippen molar-refractivity contribution >= 4 is 5.97 Å². The average molecular weight is 336 g/mol. The third kappa shape index (κ3) is 3.46. The molecule has 1 unspecified atom stereocenters. The van der Waals surface area contributed by atoms with Crippen molar-refractivity contribution in [1.29, 1.82) is 0 Å². The Morgan fingerprint density at radius 1 is 1.12 bits per heavy atom. The molecule has 0 saturated carbocycles. The SMILES string of the molecule is COc1ccc(COC(=O)[C@@]2(c3ccccc3)CCC=CC2C)cc1. The molecule has 1 aliphatic rings. The topological polar surface area (TPSA) is 35.5 Å². The summed E-state index contributed by atoms with van der Waals surface area (Å²) in [5.41, 5.74) is 1.38. The highest BCUT2D eigenvalue weighted by molar-refractivity contribution is 5.84. The molecule has 2 aromatic rings. The molecule has 130 valence electrons. The highest BCUT2D eigenvalue weighted by Crippen LogP contribution is 2.42. The number of carbonyl (C=O) groups is 1. The van der Waals surface area contributed by atoms with Crippen LogP contribution in [0.2, 0.25) is 0 Å². The molecule has 0 heterocycles. The van der Waals surface area contributed by atoms with E-state index in [2.05, 4.69) is 19.1 Å². The number of rotatable bonds is 5. The maximum absolute atomic E-state index is 13.1. The van der Waals surface area contributed by atoms with Gasteiger partial charge in [-0.05, 0) is 42.0 Å². The van der Waals surface area contributed by atoms with Crippen molar-refractivity contribution in [2.75, 3.05) is 7.11 Å². The van der Waals surface area contributed by atoms with Gasteiger partial charge in [-0.3, -0.25) is 4.79 Å². The maximum atomic E-state index is 13.1. The lowest BCUT2D eigenvalue weighted by Gasteiger charge is -2.38. The Morgan fingerprint density at radius 2 is 1.84 bits per heavy atom. The molecule has 0 saturated heterocycles. The molecule has 0 radical (unpaired) electrons. The quantitative estimate of drug-likeness (QED) is 0.588. The van der Waals surface area contributed by atoms with E-state index >= 15 is 0 Å². The van der Waals surface area contributed by atoms with Crippen LogP contribution in [0.15, 0.2) is 66.7 Å². The zero-order chi connectivity index (χ0) is 17.7. The Bertz CT molecular complexity index is 734. The van der Waals surface area contributed by atoms with Crippen LogP contribution in [0.5, 0.6) is 5.75 Å². The van der Waals surface area contributed by atoms with Gasteiger partial charge in [-0.15, -0.1) is 0 Å². The molecule has 0 spiro atoms. The second kappa shape index (κ2) is 7.56. The van der Waals surface area contributed by atoms with Gasteiger partial charge in [-0.25, -0.2) is 0 Å². The van der Waals surface area contributed by atoms with Gasteiger partial charge >= 0.3 is 5.97 Å². The lowest BCUT2D eigenvalue weighted by molar-refractivity contribution is -0.154. The first kappa shape index (κ1) is 17.3. The van der Waals surface area contributed by atoms with Crippen molar-refractivity contribution in [2.24, 2.45) is 5.92 Å². The number of benzene rings is 2. The summed E-state index contributed by atoms with van der Waals surface area (Å²) >= 11 is 0. The van der Waals surface area contributed by atoms with Crippen molar-refractivity contribution in [3.63, 3.8) is 0 Å². The summed E-state index contributed by atoms with van der Waals surface area (Å²) in [5, 5.41) is 0. The molecular weight excluding hydrogens is 312 g/mol. The lowest BCUT2D eigenvalue weighted by atomic mass is 9.65. The van der Waals surface area contributed by atoms with Gasteiger partial charge < -0.3 is 9.47 Å². The highest BCUT2D eigenvalue weighted by atomic mass is 16.5. The number of carbonyl (C=O) groups excluding carboxylic acids is 1. The standard InChI is InChI=1S/C22H24O3/c1-17-8-6-7-15-22(17,19-9-4-3-5-10-19)21(23)25-16-18-11-13-20(24-2)14-12-18/h3-6,8-14,17H,7,15-16H2,1-2H3/t17?,22-/m0/s1. The summed E-state index contributed by atoms with van der Waals surface area (Å²) in [6.07, 6.45) is 5.95. The number of hydrogen-bond acceptors (Lipinski definition) is 3. The van der Waals surface area contributed by atoms with Gasteiger partial charge in [0.1, 0.15) is 12.4 Å². The first-order valence-electron chi connectivity index (χ1n) is 8.69. The molecule has 3 heteroatoms. The predicted octanol–water partition coefficient (Wildman–Crippen LogP) is 4.66. The average Bonchev–Trinajstić information content (AvgIpc) is 2.67. The summed E-state index contributed by atoms with van der Waals surface area (Å²) in [6, 6.07) is 17.6. The smallest absolute Gasteiger partial charge is 0.317 e. The fourth-order valence-corrected chi connectivity index (χ4v) is 3.55.